The fraction of sp³-hybridized carbons (Fsp3) is 0. The molecule has 0 aromatic carbocycles. The van der Waals surface area contributed by atoms with Gasteiger partial charge in [0.2, 0.25) is 8.27 Å². The van der Waals surface area contributed by atoms with Crippen LogP contribution in [0.2, 0.25) is 0 Å². The van der Waals surface area contributed by atoms with Crippen LogP contribution in [0.3, 0.4) is 0 Å². The van der Waals surface area contributed by atoms with Crippen LogP contribution in [0.5, 0.6) is 0 Å². The molecule has 1 aromatic rings. The molecular formula is C4H3BrO2S2. The van der Waals surface area contributed by atoms with Gasteiger partial charge in [0, 0.05) is 0 Å². The smallest absolute Gasteiger partial charge is 0.211 e. The lowest BCUT2D eigenvalue weighted by Crippen LogP contribution is -1.81. The minimum atomic E-state index is -3.13. The van der Waals surface area contributed by atoms with Gasteiger partial charge in [-0.1, -0.05) is 6.07 Å². The quantitative estimate of drug-likeness (QED) is 0.686. The summed E-state index contributed by atoms with van der Waals surface area (Å²) in [6.45, 7) is 0. The third kappa shape index (κ3) is 1.77. The maximum atomic E-state index is 10.6. The van der Waals surface area contributed by atoms with Crippen molar-refractivity contribution in [1.82, 2.24) is 0 Å². The number of halogens is 1. The zero-order chi connectivity index (χ0) is 6.91. The topological polar surface area (TPSA) is 34.1 Å². The summed E-state index contributed by atoms with van der Waals surface area (Å²) in [7, 11) is -3.13. The second kappa shape index (κ2) is 2.40. The molecule has 0 aliphatic heterocycles. The average molecular weight is 227 g/mol. The Bertz CT molecular complexity index is 274. The highest BCUT2D eigenvalue weighted by atomic mass is 79.9. The number of hydrogen-bond acceptors (Lipinski definition) is 3. The minimum absolute atomic E-state index is 0.350. The van der Waals surface area contributed by atoms with Crippen LogP contribution >= 0.6 is 26.1 Å². The fourth-order valence-corrected chi connectivity index (χ4v) is 2.73. The molecule has 9 heavy (non-hydrogen) atoms. The fourth-order valence-electron chi connectivity index (χ4n) is 0.402. The molecule has 50 valence electrons. The Morgan fingerprint density at radius 3 is 2.44 bits per heavy atom. The van der Waals surface area contributed by atoms with Crippen molar-refractivity contribution in [3.8, 4) is 0 Å². The molecule has 0 aliphatic rings. The molecule has 1 heterocycles. The summed E-state index contributed by atoms with van der Waals surface area (Å²) < 4.78 is 21.6. The van der Waals surface area contributed by atoms with Crippen LogP contribution in [0.4, 0.5) is 0 Å². The Morgan fingerprint density at radius 1 is 1.56 bits per heavy atom. The predicted molar refractivity (Wildman–Crippen MR) is 40.4 cm³/mol. The van der Waals surface area contributed by atoms with Crippen LogP contribution in [0, 0.1) is 0 Å². The van der Waals surface area contributed by atoms with Gasteiger partial charge in [-0.25, -0.2) is 8.42 Å². The Hall–Kier alpha value is 0.130. The van der Waals surface area contributed by atoms with Gasteiger partial charge < -0.3 is 0 Å². The molecule has 1 rings (SSSR count). The molecule has 0 atom stereocenters. The van der Waals surface area contributed by atoms with Crippen LogP contribution in [0.1, 0.15) is 0 Å². The average Bonchev–Trinajstić information content (AvgIpc) is 2.08. The molecular weight excluding hydrogens is 224 g/mol. The first kappa shape index (κ1) is 7.24. The van der Waals surface area contributed by atoms with Crippen molar-refractivity contribution in [3.05, 3.63) is 17.5 Å². The van der Waals surface area contributed by atoms with Crippen LogP contribution in [-0.2, 0) is 8.27 Å². The molecule has 2 nitrogen and oxygen atoms in total. The van der Waals surface area contributed by atoms with E-state index in [1.165, 1.54) is 11.3 Å². The summed E-state index contributed by atoms with van der Waals surface area (Å²) in [6.07, 6.45) is 0. The van der Waals surface area contributed by atoms with E-state index in [2.05, 4.69) is 14.8 Å². The number of thiophene rings is 1. The van der Waals surface area contributed by atoms with Gasteiger partial charge in [0.05, 0.1) is 14.8 Å². The van der Waals surface area contributed by atoms with Crippen LogP contribution in [-0.4, -0.2) is 8.42 Å². The molecule has 0 spiro atoms. The molecule has 0 amide bonds. The van der Waals surface area contributed by atoms with Crippen molar-refractivity contribution in [1.29, 1.82) is 0 Å². The van der Waals surface area contributed by atoms with Gasteiger partial charge in [-0.15, -0.1) is 11.3 Å². The monoisotopic (exact) mass is 226 g/mol. The lowest BCUT2D eigenvalue weighted by Gasteiger charge is -1.83. The van der Waals surface area contributed by atoms with Crippen LogP contribution in [0.25, 0.3) is 0 Å². The number of rotatable bonds is 1. The highest BCUT2D eigenvalue weighted by Gasteiger charge is 2.08. The summed E-state index contributed by atoms with van der Waals surface area (Å²) in [5.41, 5.74) is 0. The standard InChI is InChI=1S/C4H3BrO2S2/c5-9(6,7)4-2-1-3-8-4/h1-3H. The molecule has 0 saturated carbocycles. The van der Waals surface area contributed by atoms with Crippen molar-refractivity contribution in [3.63, 3.8) is 0 Å². The zero-order valence-corrected chi connectivity index (χ0v) is 7.46. The highest BCUT2D eigenvalue weighted by Crippen LogP contribution is 2.21. The van der Waals surface area contributed by atoms with E-state index < -0.39 is 8.27 Å². The van der Waals surface area contributed by atoms with Crippen molar-refractivity contribution >= 4 is 34.4 Å². The summed E-state index contributed by atoms with van der Waals surface area (Å²) >= 11 is 3.74. The maximum absolute atomic E-state index is 10.6. The van der Waals surface area contributed by atoms with Gasteiger partial charge in [0.15, 0.2) is 0 Å². The molecule has 0 fully saturated rings. The third-order valence-corrected chi connectivity index (χ3v) is 4.65. The first-order chi connectivity index (χ1) is 4.11. The van der Waals surface area contributed by atoms with Crippen molar-refractivity contribution in [2.75, 3.05) is 0 Å². The molecule has 0 N–H and O–H groups in total. The van der Waals surface area contributed by atoms with E-state index in [1.807, 2.05) is 0 Å². The minimum Gasteiger partial charge on any atom is -0.211 e. The largest absolute Gasteiger partial charge is 0.246 e. The van der Waals surface area contributed by atoms with Gasteiger partial charge in [-0.3, -0.25) is 0 Å². The van der Waals surface area contributed by atoms with Crippen LogP contribution < -0.4 is 0 Å². The lowest BCUT2D eigenvalue weighted by molar-refractivity contribution is 0.613. The summed E-state index contributed by atoms with van der Waals surface area (Å²) in [4.78, 5) is 0. The van der Waals surface area contributed by atoms with E-state index in [1.54, 1.807) is 17.5 Å². The molecule has 0 aliphatic carbocycles. The Morgan fingerprint density at radius 2 is 2.22 bits per heavy atom. The summed E-state index contributed by atoms with van der Waals surface area (Å²) in [5.74, 6) is 0. The second-order valence-electron chi connectivity index (χ2n) is 1.37. The van der Waals surface area contributed by atoms with E-state index >= 15 is 0 Å². The van der Waals surface area contributed by atoms with E-state index in [0.717, 1.165) is 0 Å². The molecule has 0 saturated heterocycles. The van der Waals surface area contributed by atoms with Gasteiger partial charge >= 0.3 is 0 Å². The van der Waals surface area contributed by atoms with Gasteiger partial charge in [0.1, 0.15) is 4.21 Å². The van der Waals surface area contributed by atoms with Crippen LogP contribution in [0.15, 0.2) is 21.7 Å². The SMILES string of the molecule is O=S(=O)(Br)c1cccs1. The molecule has 0 unspecified atom stereocenters. The molecule has 1 aromatic heterocycles. The van der Waals surface area contributed by atoms with Crippen molar-refractivity contribution < 1.29 is 8.42 Å². The maximum Gasteiger partial charge on any atom is 0.246 e. The summed E-state index contributed by atoms with van der Waals surface area (Å²) in [6, 6.07) is 3.24. The molecule has 0 radical (unpaired) electrons. The van der Waals surface area contributed by atoms with Gasteiger partial charge in [-0.05, 0) is 11.4 Å². The highest BCUT2D eigenvalue weighted by molar-refractivity contribution is 9.47. The Labute approximate surface area is 64.6 Å². The van der Waals surface area contributed by atoms with E-state index in [9.17, 15) is 8.42 Å². The van der Waals surface area contributed by atoms with E-state index in [-0.39, 0.29) is 0 Å². The molecule has 5 heteroatoms. The van der Waals surface area contributed by atoms with Gasteiger partial charge in [-0.2, -0.15) is 0 Å². The Kier molecular flexibility index (Phi) is 1.93. The number of hydrogen-bond donors (Lipinski definition) is 0. The molecule has 0 bridgehead atoms. The zero-order valence-electron chi connectivity index (χ0n) is 4.24. The van der Waals surface area contributed by atoms with Crippen molar-refractivity contribution in [2.24, 2.45) is 0 Å². The van der Waals surface area contributed by atoms with E-state index in [4.69, 9.17) is 0 Å². The Balaban J connectivity index is 3.20. The third-order valence-electron chi connectivity index (χ3n) is 0.735. The van der Waals surface area contributed by atoms with E-state index in [0.29, 0.717) is 4.21 Å². The van der Waals surface area contributed by atoms with Crippen molar-refractivity contribution in [2.45, 2.75) is 4.21 Å². The second-order valence-corrected chi connectivity index (χ2v) is 6.45. The summed E-state index contributed by atoms with van der Waals surface area (Å²) in [5, 5.41) is 1.72. The predicted octanol–water partition coefficient (Wildman–Crippen LogP) is 1.83. The first-order valence-corrected chi connectivity index (χ1v) is 6.29. The van der Waals surface area contributed by atoms with Gasteiger partial charge in [0.25, 0.3) is 0 Å². The first-order valence-electron chi connectivity index (χ1n) is 2.09. The normalized spacial score (nSPS) is 11.7. The lowest BCUT2D eigenvalue weighted by atomic mass is 10.7.